The van der Waals surface area contributed by atoms with Gasteiger partial charge in [-0.1, -0.05) is 48.0 Å². The van der Waals surface area contributed by atoms with Crippen LogP contribution in [0.25, 0.3) is 0 Å². The molecule has 0 aliphatic carbocycles. The highest BCUT2D eigenvalue weighted by atomic mass is 79.9. The Hall–Kier alpha value is -0.500. The average Bonchev–Trinajstić information content (AvgIpc) is 2.73. The van der Waals surface area contributed by atoms with Crippen molar-refractivity contribution in [3.05, 3.63) is 29.8 Å². The first-order valence-corrected chi connectivity index (χ1v) is 7.08. The molecule has 1 nitrogen and oxygen atoms in total. The van der Waals surface area contributed by atoms with Gasteiger partial charge in [0.05, 0.1) is 6.61 Å². The van der Waals surface area contributed by atoms with Crippen molar-refractivity contribution in [2.24, 2.45) is 5.41 Å². The van der Waals surface area contributed by atoms with Crippen LogP contribution in [-0.4, -0.2) is 11.9 Å². The number of ether oxygens (including phenoxy) is 1. The molecule has 1 aromatic carbocycles. The number of para-hydroxylation sites is 1. The third-order valence-corrected chi connectivity index (χ3v) is 5.07. The summed E-state index contributed by atoms with van der Waals surface area (Å²) in [7, 11) is 0. The van der Waals surface area contributed by atoms with Gasteiger partial charge in [-0.3, -0.25) is 0 Å². The molecule has 1 heterocycles. The van der Waals surface area contributed by atoms with Gasteiger partial charge in [0.2, 0.25) is 0 Å². The molecule has 0 saturated heterocycles. The van der Waals surface area contributed by atoms with Gasteiger partial charge in [0, 0.05) is 16.8 Å². The van der Waals surface area contributed by atoms with Crippen molar-refractivity contribution >= 4 is 15.9 Å². The Labute approximate surface area is 106 Å². The van der Waals surface area contributed by atoms with Crippen LogP contribution in [0.5, 0.6) is 5.75 Å². The first-order chi connectivity index (χ1) is 7.68. The molecule has 0 amide bonds. The molecule has 1 aliphatic heterocycles. The molecule has 2 rings (SSSR count). The fourth-order valence-electron chi connectivity index (χ4n) is 2.29. The Morgan fingerprint density at radius 1 is 1.44 bits per heavy atom. The van der Waals surface area contributed by atoms with E-state index in [0.29, 0.717) is 11.3 Å². The highest BCUT2D eigenvalue weighted by Gasteiger charge is 2.31. The van der Waals surface area contributed by atoms with Crippen LogP contribution in [0.4, 0.5) is 0 Å². The molecule has 2 unspecified atom stereocenters. The molecule has 2 heteroatoms. The van der Waals surface area contributed by atoms with Gasteiger partial charge < -0.3 is 4.74 Å². The average molecular weight is 283 g/mol. The maximum Gasteiger partial charge on any atom is 0.122 e. The van der Waals surface area contributed by atoms with Gasteiger partial charge >= 0.3 is 0 Å². The van der Waals surface area contributed by atoms with E-state index in [0.717, 1.165) is 17.7 Å². The standard InChI is InChI=1S/C14H19BrO/c1-3-14(2,10-15)8-11-9-16-13-7-5-4-6-12(11)13/h4-7,11H,3,8-10H2,1-2H3. The number of rotatable bonds is 4. The number of halogens is 1. The van der Waals surface area contributed by atoms with E-state index in [9.17, 15) is 0 Å². The number of hydrogen-bond acceptors (Lipinski definition) is 1. The molecule has 16 heavy (non-hydrogen) atoms. The van der Waals surface area contributed by atoms with Crippen molar-refractivity contribution < 1.29 is 4.74 Å². The Bertz CT molecular complexity index is 358. The highest BCUT2D eigenvalue weighted by molar-refractivity contribution is 9.09. The van der Waals surface area contributed by atoms with Crippen LogP contribution in [0.15, 0.2) is 24.3 Å². The van der Waals surface area contributed by atoms with Crippen LogP contribution in [0.1, 0.15) is 38.2 Å². The predicted molar refractivity (Wildman–Crippen MR) is 71.5 cm³/mol. The molecule has 0 fully saturated rings. The lowest BCUT2D eigenvalue weighted by Gasteiger charge is -2.28. The molecular weight excluding hydrogens is 264 g/mol. The molecule has 0 radical (unpaired) electrons. The Balaban J connectivity index is 2.14. The van der Waals surface area contributed by atoms with Crippen molar-refractivity contribution in [3.63, 3.8) is 0 Å². The Morgan fingerprint density at radius 3 is 2.88 bits per heavy atom. The van der Waals surface area contributed by atoms with Gasteiger partial charge in [0.15, 0.2) is 0 Å². The lowest BCUT2D eigenvalue weighted by Crippen LogP contribution is -2.21. The minimum absolute atomic E-state index is 0.380. The van der Waals surface area contributed by atoms with Gasteiger partial charge in [-0.2, -0.15) is 0 Å². The minimum atomic E-state index is 0.380. The zero-order chi connectivity index (χ0) is 11.6. The number of fused-ring (bicyclic) bond motifs is 1. The smallest absolute Gasteiger partial charge is 0.122 e. The first kappa shape index (κ1) is 12.0. The van der Waals surface area contributed by atoms with E-state index in [-0.39, 0.29) is 0 Å². The van der Waals surface area contributed by atoms with E-state index < -0.39 is 0 Å². The van der Waals surface area contributed by atoms with Gasteiger partial charge in [-0.25, -0.2) is 0 Å². The zero-order valence-electron chi connectivity index (χ0n) is 10.0. The van der Waals surface area contributed by atoms with Crippen molar-refractivity contribution in [1.82, 2.24) is 0 Å². The molecule has 0 spiro atoms. The van der Waals surface area contributed by atoms with Crippen LogP contribution < -0.4 is 4.74 Å². The van der Waals surface area contributed by atoms with Gasteiger partial charge in [0.1, 0.15) is 5.75 Å². The normalized spacial score (nSPS) is 22.3. The highest BCUT2D eigenvalue weighted by Crippen LogP contribution is 2.42. The largest absolute Gasteiger partial charge is 0.493 e. The lowest BCUT2D eigenvalue weighted by atomic mass is 9.79. The topological polar surface area (TPSA) is 9.23 Å². The Kier molecular flexibility index (Phi) is 3.58. The molecule has 0 aromatic heterocycles. The SMILES string of the molecule is CCC(C)(CBr)CC1COc2ccccc21. The van der Waals surface area contributed by atoms with Crippen LogP contribution >= 0.6 is 15.9 Å². The molecular formula is C14H19BrO. The second-order valence-corrected chi connectivity index (χ2v) is 5.61. The summed E-state index contributed by atoms with van der Waals surface area (Å²) in [5.74, 6) is 1.65. The maximum atomic E-state index is 5.73. The van der Waals surface area contributed by atoms with Crippen LogP contribution in [-0.2, 0) is 0 Å². The number of hydrogen-bond donors (Lipinski definition) is 0. The summed E-state index contributed by atoms with van der Waals surface area (Å²) in [4.78, 5) is 0. The summed E-state index contributed by atoms with van der Waals surface area (Å²) in [6.07, 6.45) is 2.41. The fraction of sp³-hybridized carbons (Fsp3) is 0.571. The van der Waals surface area contributed by atoms with Crippen molar-refractivity contribution in [2.75, 3.05) is 11.9 Å². The van der Waals surface area contributed by atoms with Crippen molar-refractivity contribution in [3.8, 4) is 5.75 Å². The first-order valence-electron chi connectivity index (χ1n) is 5.96. The zero-order valence-corrected chi connectivity index (χ0v) is 11.6. The van der Waals surface area contributed by atoms with Crippen LogP contribution in [0.3, 0.4) is 0 Å². The second-order valence-electron chi connectivity index (χ2n) is 5.05. The summed E-state index contributed by atoms with van der Waals surface area (Å²) in [6.45, 7) is 5.47. The predicted octanol–water partition coefficient (Wildman–Crippen LogP) is 4.36. The molecule has 1 aliphatic rings. The van der Waals surface area contributed by atoms with Gasteiger partial charge in [0.25, 0.3) is 0 Å². The van der Waals surface area contributed by atoms with E-state index in [1.807, 2.05) is 6.07 Å². The lowest BCUT2D eigenvalue weighted by molar-refractivity contribution is 0.259. The van der Waals surface area contributed by atoms with Gasteiger partial charge in [-0.05, 0) is 24.3 Å². The summed E-state index contributed by atoms with van der Waals surface area (Å²) >= 11 is 3.64. The van der Waals surface area contributed by atoms with E-state index >= 15 is 0 Å². The summed E-state index contributed by atoms with van der Waals surface area (Å²) in [5, 5.41) is 1.06. The molecule has 0 N–H and O–H groups in total. The molecule has 0 bridgehead atoms. The van der Waals surface area contributed by atoms with Crippen LogP contribution in [0, 0.1) is 5.41 Å². The molecule has 88 valence electrons. The molecule has 1 aromatic rings. The number of alkyl halides is 1. The van der Waals surface area contributed by atoms with Crippen molar-refractivity contribution in [1.29, 1.82) is 0 Å². The third-order valence-electron chi connectivity index (χ3n) is 3.71. The van der Waals surface area contributed by atoms with E-state index in [1.165, 1.54) is 18.4 Å². The molecule has 2 atom stereocenters. The fourth-order valence-corrected chi connectivity index (χ4v) is 2.91. The molecule has 0 saturated carbocycles. The third kappa shape index (κ3) is 2.27. The number of benzene rings is 1. The van der Waals surface area contributed by atoms with E-state index in [2.05, 4.69) is 48.0 Å². The summed E-state index contributed by atoms with van der Waals surface area (Å²) in [5.41, 5.74) is 1.77. The van der Waals surface area contributed by atoms with Crippen LogP contribution in [0.2, 0.25) is 0 Å². The monoisotopic (exact) mass is 282 g/mol. The summed E-state index contributed by atoms with van der Waals surface area (Å²) < 4.78 is 5.73. The van der Waals surface area contributed by atoms with Gasteiger partial charge in [-0.15, -0.1) is 0 Å². The maximum absolute atomic E-state index is 5.73. The summed E-state index contributed by atoms with van der Waals surface area (Å²) in [6, 6.07) is 8.44. The quantitative estimate of drug-likeness (QED) is 0.746. The minimum Gasteiger partial charge on any atom is -0.493 e. The second kappa shape index (κ2) is 4.79. The van der Waals surface area contributed by atoms with E-state index in [1.54, 1.807) is 0 Å². The Morgan fingerprint density at radius 2 is 2.19 bits per heavy atom. The van der Waals surface area contributed by atoms with Crippen molar-refractivity contribution in [2.45, 2.75) is 32.6 Å². The van der Waals surface area contributed by atoms with E-state index in [4.69, 9.17) is 4.74 Å².